The zero-order valence-corrected chi connectivity index (χ0v) is 14.3. The Morgan fingerprint density at radius 3 is 2.26 bits per heavy atom. The smallest absolute Gasteiger partial charge is 0.225 e. The zero-order valence-electron chi connectivity index (χ0n) is 13.5. The number of hydrogen-bond donors (Lipinski definition) is 0. The zero-order chi connectivity index (χ0) is 16.4. The fourth-order valence-electron chi connectivity index (χ4n) is 3.19. The van der Waals surface area contributed by atoms with Crippen LogP contribution in [0.4, 0.5) is 0 Å². The maximum Gasteiger partial charge on any atom is 0.225 e. The summed E-state index contributed by atoms with van der Waals surface area (Å²) in [5.74, 6) is 0.786. The monoisotopic (exact) mass is 334 g/mol. The van der Waals surface area contributed by atoms with Crippen LogP contribution in [0.5, 0.6) is 0 Å². The molecule has 1 aliphatic heterocycles. The molecule has 1 aliphatic carbocycles. The van der Waals surface area contributed by atoms with Crippen molar-refractivity contribution in [2.75, 3.05) is 20.1 Å². The number of hydrogen-bond acceptors (Lipinski definition) is 2. The van der Waals surface area contributed by atoms with E-state index in [0.717, 1.165) is 44.3 Å². The van der Waals surface area contributed by atoms with Gasteiger partial charge in [-0.15, -0.1) is 0 Å². The van der Waals surface area contributed by atoms with Crippen molar-refractivity contribution in [2.45, 2.75) is 32.2 Å². The lowest BCUT2D eigenvalue weighted by molar-refractivity contribution is -0.140. The minimum atomic E-state index is 0.0375. The van der Waals surface area contributed by atoms with Gasteiger partial charge in [0.05, 0.1) is 0 Å². The third-order valence-corrected chi connectivity index (χ3v) is 5.04. The number of nitrogens with zero attached hydrogens (tertiary/aromatic N) is 2. The molecular formula is C18H23ClN2O2. The molecule has 1 heterocycles. The largest absolute Gasteiger partial charge is 0.342 e. The highest BCUT2D eigenvalue weighted by Gasteiger charge is 2.36. The topological polar surface area (TPSA) is 40.6 Å². The van der Waals surface area contributed by atoms with Crippen LogP contribution in [0.15, 0.2) is 24.3 Å². The highest BCUT2D eigenvalue weighted by Crippen LogP contribution is 2.32. The van der Waals surface area contributed by atoms with Crippen molar-refractivity contribution in [1.29, 1.82) is 0 Å². The number of likely N-dealkylation sites (tertiary alicyclic amines) is 1. The van der Waals surface area contributed by atoms with Crippen LogP contribution in [0.2, 0.25) is 5.02 Å². The van der Waals surface area contributed by atoms with Crippen LogP contribution in [0.3, 0.4) is 0 Å². The van der Waals surface area contributed by atoms with Crippen LogP contribution < -0.4 is 0 Å². The van der Waals surface area contributed by atoms with Gasteiger partial charge in [-0.05, 0) is 43.4 Å². The molecule has 0 bridgehead atoms. The molecule has 4 nitrogen and oxygen atoms in total. The molecule has 2 fully saturated rings. The number of halogens is 1. The molecule has 1 saturated carbocycles. The molecule has 2 amide bonds. The van der Waals surface area contributed by atoms with Crippen LogP contribution in [0.1, 0.15) is 31.2 Å². The first-order valence-electron chi connectivity index (χ1n) is 8.33. The maximum atomic E-state index is 12.6. The lowest BCUT2D eigenvalue weighted by Gasteiger charge is -2.33. The summed E-state index contributed by atoms with van der Waals surface area (Å²) in [6, 6.07) is 7.58. The number of benzene rings is 1. The summed E-state index contributed by atoms with van der Waals surface area (Å²) in [6.07, 6.45) is 3.65. The van der Waals surface area contributed by atoms with Gasteiger partial charge in [-0.1, -0.05) is 23.7 Å². The Balaban J connectivity index is 1.50. The summed E-state index contributed by atoms with van der Waals surface area (Å²) in [7, 11) is 1.85. The molecule has 0 radical (unpaired) electrons. The number of amides is 2. The van der Waals surface area contributed by atoms with Gasteiger partial charge >= 0.3 is 0 Å². The van der Waals surface area contributed by atoms with Gasteiger partial charge in [-0.3, -0.25) is 9.59 Å². The molecule has 3 rings (SSSR count). The van der Waals surface area contributed by atoms with Crippen molar-refractivity contribution in [1.82, 2.24) is 9.80 Å². The van der Waals surface area contributed by atoms with E-state index in [1.165, 1.54) is 0 Å². The van der Waals surface area contributed by atoms with E-state index >= 15 is 0 Å². The SMILES string of the molecule is CN(Cc1ccc(Cl)cc1)C(=O)C1CCN(C(=O)C2CC2)CC1. The predicted molar refractivity (Wildman–Crippen MR) is 90.0 cm³/mol. The fraction of sp³-hybridized carbons (Fsp3) is 0.556. The second-order valence-corrected chi connectivity index (χ2v) is 7.13. The van der Waals surface area contributed by atoms with Crippen molar-refractivity contribution in [3.63, 3.8) is 0 Å². The number of rotatable bonds is 4. The van der Waals surface area contributed by atoms with Gasteiger partial charge < -0.3 is 9.80 Å². The molecule has 0 aromatic heterocycles. The average molecular weight is 335 g/mol. The quantitative estimate of drug-likeness (QED) is 0.849. The first-order valence-corrected chi connectivity index (χ1v) is 8.70. The minimum Gasteiger partial charge on any atom is -0.342 e. The third kappa shape index (κ3) is 4.05. The van der Waals surface area contributed by atoms with E-state index in [1.807, 2.05) is 36.2 Å². The van der Waals surface area contributed by atoms with E-state index in [-0.39, 0.29) is 17.7 Å². The van der Waals surface area contributed by atoms with Gasteiger partial charge in [0.2, 0.25) is 11.8 Å². The van der Waals surface area contributed by atoms with Crippen LogP contribution in [-0.4, -0.2) is 41.8 Å². The van der Waals surface area contributed by atoms with Crippen LogP contribution in [0, 0.1) is 11.8 Å². The van der Waals surface area contributed by atoms with E-state index in [2.05, 4.69) is 0 Å². The normalized spacial score (nSPS) is 18.8. The first-order chi connectivity index (χ1) is 11.0. The van der Waals surface area contributed by atoms with E-state index in [9.17, 15) is 9.59 Å². The minimum absolute atomic E-state index is 0.0375. The van der Waals surface area contributed by atoms with Crippen LogP contribution in [-0.2, 0) is 16.1 Å². The molecule has 2 aliphatic rings. The number of carbonyl (C=O) groups is 2. The predicted octanol–water partition coefficient (Wildman–Crippen LogP) is 2.95. The van der Waals surface area contributed by atoms with Gasteiger partial charge in [0.1, 0.15) is 0 Å². The summed E-state index contributed by atoms with van der Waals surface area (Å²) >= 11 is 5.89. The highest BCUT2D eigenvalue weighted by molar-refractivity contribution is 6.30. The molecule has 0 N–H and O–H groups in total. The standard InChI is InChI=1S/C18H23ClN2O2/c1-20(12-13-2-6-16(19)7-3-13)17(22)15-8-10-21(11-9-15)18(23)14-4-5-14/h2-3,6-7,14-15H,4-5,8-12H2,1H3. The molecule has 1 aromatic rings. The average Bonchev–Trinajstić information content (AvgIpc) is 3.41. The Morgan fingerprint density at radius 2 is 1.70 bits per heavy atom. The molecule has 0 spiro atoms. The van der Waals surface area contributed by atoms with Gasteiger partial charge in [-0.25, -0.2) is 0 Å². The Kier molecular flexibility index (Phi) is 4.90. The second-order valence-electron chi connectivity index (χ2n) is 6.69. The van der Waals surface area contributed by atoms with Crippen molar-refractivity contribution >= 4 is 23.4 Å². The Hall–Kier alpha value is -1.55. The van der Waals surface area contributed by atoms with E-state index in [4.69, 9.17) is 11.6 Å². The Bertz CT molecular complexity index is 575. The molecule has 1 aromatic carbocycles. The Labute approximate surface area is 142 Å². The van der Waals surface area contributed by atoms with Crippen LogP contribution in [0.25, 0.3) is 0 Å². The fourth-order valence-corrected chi connectivity index (χ4v) is 3.31. The van der Waals surface area contributed by atoms with Crippen molar-refractivity contribution in [2.24, 2.45) is 11.8 Å². The maximum absolute atomic E-state index is 12.6. The van der Waals surface area contributed by atoms with Crippen molar-refractivity contribution in [3.8, 4) is 0 Å². The molecular weight excluding hydrogens is 312 g/mol. The summed E-state index contributed by atoms with van der Waals surface area (Å²) < 4.78 is 0. The lowest BCUT2D eigenvalue weighted by Crippen LogP contribution is -2.43. The molecule has 23 heavy (non-hydrogen) atoms. The molecule has 0 atom stereocenters. The van der Waals surface area contributed by atoms with Gasteiger partial charge in [-0.2, -0.15) is 0 Å². The van der Waals surface area contributed by atoms with Gasteiger partial charge in [0, 0.05) is 43.5 Å². The molecule has 1 saturated heterocycles. The molecule has 0 unspecified atom stereocenters. The number of piperidine rings is 1. The molecule has 124 valence electrons. The summed E-state index contributed by atoms with van der Waals surface area (Å²) in [5.41, 5.74) is 1.08. The van der Waals surface area contributed by atoms with Crippen molar-refractivity contribution < 1.29 is 9.59 Å². The van der Waals surface area contributed by atoms with E-state index in [0.29, 0.717) is 17.5 Å². The second kappa shape index (κ2) is 6.91. The molecule has 5 heteroatoms. The first kappa shape index (κ1) is 16.3. The lowest BCUT2D eigenvalue weighted by atomic mass is 9.95. The highest BCUT2D eigenvalue weighted by atomic mass is 35.5. The Morgan fingerprint density at radius 1 is 1.09 bits per heavy atom. The summed E-state index contributed by atoms with van der Waals surface area (Å²) in [5, 5.41) is 0.704. The number of carbonyl (C=O) groups excluding carboxylic acids is 2. The van der Waals surface area contributed by atoms with Gasteiger partial charge in [0.15, 0.2) is 0 Å². The summed E-state index contributed by atoms with van der Waals surface area (Å²) in [6.45, 7) is 2.04. The van der Waals surface area contributed by atoms with E-state index < -0.39 is 0 Å². The van der Waals surface area contributed by atoms with Crippen molar-refractivity contribution in [3.05, 3.63) is 34.9 Å². The van der Waals surface area contributed by atoms with E-state index in [1.54, 1.807) is 4.90 Å². The van der Waals surface area contributed by atoms with Crippen LogP contribution >= 0.6 is 11.6 Å². The summed E-state index contributed by atoms with van der Waals surface area (Å²) in [4.78, 5) is 28.4. The third-order valence-electron chi connectivity index (χ3n) is 4.79. The van der Waals surface area contributed by atoms with Gasteiger partial charge in [0.25, 0.3) is 0 Å².